The van der Waals surface area contributed by atoms with Gasteiger partial charge < -0.3 is 118 Å². The second kappa shape index (κ2) is 53.7. The van der Waals surface area contributed by atoms with Crippen molar-refractivity contribution in [2.45, 2.75) is 222 Å². The lowest BCUT2D eigenvalue weighted by atomic mass is 9.96. The normalized spacial score (nSPS) is 16.1. The highest BCUT2D eigenvalue weighted by Crippen LogP contribution is 2.15. The first-order chi connectivity index (χ1) is 53.1. The number of hydrogen-bond acceptors (Lipinski definition) is 26. The van der Waals surface area contributed by atoms with Crippen LogP contribution >= 0.6 is 48.8 Å². The van der Waals surface area contributed by atoms with Crippen molar-refractivity contribution in [1.82, 2.24) is 79.8 Å². The SMILES string of the molecule is CC[C@H](C)[C@H](NC(=O)[C@H](CCC(N)=O)NC(=O)[C@H](CCC(N)=O)NC(=O)[C@@H](NC(=O)[C@H](CCSC)NC(=O)CNC(=O)[C@@H]1CCCN1)C(C)C)C(=O)N[C@@H](CCC(N)=O)C(=O)N[C@@H](CO)C(=O)N[C@H](C(=O)N[C@@H](CS)C(=O)N[C@@H](CCSC)C(=O)N[C@@H](CCC(=O)O)C(=O)N[C@@H](CS)C(=O)N[C@@H](CCC(N)=O)C(=O)O)C(C)C. The largest absolute Gasteiger partial charge is 0.481 e. The van der Waals surface area contributed by atoms with E-state index in [1.807, 2.05) is 0 Å². The molecule has 1 saturated heterocycles. The molecule has 46 heteroatoms. The minimum absolute atomic E-state index is 0.0904. The van der Waals surface area contributed by atoms with Crippen LogP contribution in [0.2, 0.25) is 0 Å². The molecule has 1 fully saturated rings. The number of carbonyl (C=O) groups excluding carboxylic acids is 18. The summed E-state index contributed by atoms with van der Waals surface area (Å²) in [6.45, 7) is 8.15. The molecule has 42 nitrogen and oxygen atoms in total. The van der Waals surface area contributed by atoms with Gasteiger partial charge in [0.15, 0.2) is 0 Å². The van der Waals surface area contributed by atoms with Crippen molar-refractivity contribution in [3.63, 3.8) is 0 Å². The zero-order valence-electron chi connectivity index (χ0n) is 64.4. The Bertz CT molecular complexity index is 3320. The summed E-state index contributed by atoms with van der Waals surface area (Å²) in [5.41, 5.74) is 21.5. The Balaban J connectivity index is 3.51. The van der Waals surface area contributed by atoms with Gasteiger partial charge in [-0.2, -0.15) is 48.8 Å². The van der Waals surface area contributed by atoms with Crippen LogP contribution < -0.4 is 103 Å². The second-order valence-corrected chi connectivity index (χ2v) is 30.0. The van der Waals surface area contributed by atoms with Crippen LogP contribution in [0.25, 0.3) is 0 Å². The Morgan fingerprint density at radius 2 is 0.708 bits per heavy atom. The Labute approximate surface area is 673 Å². The maximum absolute atomic E-state index is 14.5. The van der Waals surface area contributed by atoms with Crippen LogP contribution in [-0.4, -0.2) is 273 Å². The molecule has 0 aromatic rings. The number of hydrogen-bond donors (Lipinski definition) is 24. The van der Waals surface area contributed by atoms with Crippen molar-refractivity contribution in [1.29, 1.82) is 0 Å². The highest BCUT2D eigenvalue weighted by atomic mass is 32.2. The van der Waals surface area contributed by atoms with E-state index in [4.69, 9.17) is 22.9 Å². The monoisotopic (exact) mass is 1680 g/mol. The summed E-state index contributed by atoms with van der Waals surface area (Å²) in [4.78, 5) is 265. The maximum Gasteiger partial charge on any atom is 0.326 e. The van der Waals surface area contributed by atoms with Crippen molar-refractivity contribution in [3.05, 3.63) is 0 Å². The van der Waals surface area contributed by atoms with Crippen LogP contribution in [0.15, 0.2) is 0 Å². The van der Waals surface area contributed by atoms with Gasteiger partial charge in [0.05, 0.1) is 19.2 Å². The molecule has 0 saturated carbocycles. The molecular formula is C67H113N19O23S4. The van der Waals surface area contributed by atoms with E-state index in [1.54, 1.807) is 33.3 Å². The molecule has 1 aliphatic rings. The first kappa shape index (κ1) is 102. The molecule has 0 aromatic carbocycles. The number of carbonyl (C=O) groups is 20. The van der Waals surface area contributed by atoms with E-state index in [0.717, 1.165) is 6.42 Å². The van der Waals surface area contributed by atoms with Crippen molar-refractivity contribution in [2.24, 2.45) is 40.7 Å². The van der Waals surface area contributed by atoms with Crippen molar-refractivity contribution < 1.29 is 111 Å². The number of aliphatic hydroxyl groups excluding tert-OH is 1. The molecule has 0 bridgehead atoms. The number of rotatable bonds is 57. The standard InChI is InChI=1S/C67H113N19O23S4/c1-9-33(6)53(86-59(100)37(14-19-47(70)90)75-55(96)35(12-17-45(68)88)78-64(105)51(31(2)3)84-60(101)39(22-25-112-7)74-49(92)27-73-54(95)34-11-10-24-72-34)66(107)79-36(13-18-46(69)89)56(97)81-42(28-87)61(102)85-52(32(4)5)65(106)83-44(30-111)62(103)77-40(23-26-113-8)58(99)76-38(16-21-50(93)94)57(98)82-43(29-110)63(104)80-41(67(108)109)15-20-48(71)91/h31-44,51-53,72,87,110-111H,9-30H2,1-8H3,(H2,68,88)(H2,69,89)(H2,70,90)(H2,71,91)(H,73,95)(H,74,92)(H,75,96)(H,76,99)(H,77,103)(H,78,105)(H,79,107)(H,80,104)(H,81,97)(H,82,98)(H,83,106)(H,84,101)(H,85,102)(H,86,100)(H,93,94)(H,108,109)/t33-,34-,35-,36-,37-,38-,39-,40-,41-,42-,43-,44-,51-,52-,53-/m0/s1. The van der Waals surface area contributed by atoms with Crippen LogP contribution in [0, 0.1) is 17.8 Å². The summed E-state index contributed by atoms with van der Waals surface area (Å²) < 4.78 is 0. The van der Waals surface area contributed by atoms with Crippen LogP contribution in [0.5, 0.6) is 0 Å². The molecular weight excluding hydrogens is 1570 g/mol. The third-order valence-corrected chi connectivity index (χ3v) is 19.6. The molecule has 638 valence electrons. The summed E-state index contributed by atoms with van der Waals surface area (Å²) in [7, 11) is 0. The average molecular weight is 1680 g/mol. The highest BCUT2D eigenvalue weighted by Gasteiger charge is 2.40. The van der Waals surface area contributed by atoms with Crippen molar-refractivity contribution >= 4 is 167 Å². The van der Waals surface area contributed by atoms with Crippen LogP contribution in [0.4, 0.5) is 0 Å². The molecule has 15 atom stereocenters. The average Bonchev–Trinajstić information content (AvgIpc) is 1.46. The molecule has 0 aliphatic carbocycles. The summed E-state index contributed by atoms with van der Waals surface area (Å²) in [6.07, 6.45) is -0.534. The number of thioether (sulfide) groups is 2. The maximum atomic E-state index is 14.5. The number of carboxylic acid groups (broad SMARTS) is 2. The van der Waals surface area contributed by atoms with Crippen molar-refractivity contribution in [3.8, 4) is 0 Å². The fraction of sp³-hybridized carbons (Fsp3) is 0.701. The molecule has 0 unspecified atom stereocenters. The smallest absolute Gasteiger partial charge is 0.326 e. The molecule has 0 radical (unpaired) electrons. The molecule has 0 aromatic heterocycles. The van der Waals surface area contributed by atoms with E-state index in [9.17, 15) is 111 Å². The predicted molar refractivity (Wildman–Crippen MR) is 417 cm³/mol. The van der Waals surface area contributed by atoms with E-state index in [1.165, 1.54) is 44.3 Å². The number of nitrogens with one attached hydrogen (secondary N) is 15. The second-order valence-electron chi connectivity index (χ2n) is 27.3. The van der Waals surface area contributed by atoms with Crippen LogP contribution in [-0.2, 0) is 95.9 Å². The first-order valence-corrected chi connectivity index (χ1v) is 40.5. The number of thiol groups is 2. The minimum Gasteiger partial charge on any atom is -0.481 e. The summed E-state index contributed by atoms with van der Waals surface area (Å²) in [6, 6.07) is -21.5. The third-order valence-electron chi connectivity index (χ3n) is 17.6. The first-order valence-electron chi connectivity index (χ1n) is 36.4. The van der Waals surface area contributed by atoms with Gasteiger partial charge in [0.25, 0.3) is 0 Å². The lowest BCUT2D eigenvalue weighted by molar-refractivity contribution is -0.142. The number of aliphatic carboxylic acids is 2. The van der Waals surface area contributed by atoms with E-state index in [2.05, 4.69) is 105 Å². The molecule has 113 heavy (non-hydrogen) atoms. The number of primary amides is 4. The van der Waals surface area contributed by atoms with Crippen LogP contribution in [0.3, 0.4) is 0 Å². The lowest BCUT2D eigenvalue weighted by Crippen LogP contribution is -2.62. The van der Waals surface area contributed by atoms with E-state index in [-0.39, 0.29) is 25.0 Å². The number of amides is 18. The van der Waals surface area contributed by atoms with Crippen molar-refractivity contribution in [2.75, 3.05) is 55.2 Å². The van der Waals surface area contributed by atoms with Gasteiger partial charge in [0.2, 0.25) is 106 Å². The highest BCUT2D eigenvalue weighted by molar-refractivity contribution is 7.98. The quantitative estimate of drug-likeness (QED) is 0.0252. The Hall–Kier alpha value is -9.28. The molecule has 26 N–H and O–H groups in total. The zero-order valence-corrected chi connectivity index (χ0v) is 67.8. The number of aliphatic hydroxyl groups is 1. The Morgan fingerprint density at radius 1 is 0.407 bits per heavy atom. The van der Waals surface area contributed by atoms with Gasteiger partial charge in [-0.05, 0) is 106 Å². The molecule has 1 aliphatic heterocycles. The molecule has 1 rings (SSSR count). The van der Waals surface area contributed by atoms with Gasteiger partial charge in [0.1, 0.15) is 78.5 Å². The van der Waals surface area contributed by atoms with Gasteiger partial charge in [-0.3, -0.25) is 91.1 Å². The van der Waals surface area contributed by atoms with E-state index in [0.29, 0.717) is 18.7 Å². The third kappa shape index (κ3) is 38.9. The molecule has 18 amide bonds. The zero-order chi connectivity index (χ0) is 85.9. The fourth-order valence-electron chi connectivity index (χ4n) is 10.7. The van der Waals surface area contributed by atoms with Gasteiger partial charge in [-0.25, -0.2) is 4.79 Å². The molecule has 1 heterocycles. The number of nitrogens with two attached hydrogens (primary N) is 4. The van der Waals surface area contributed by atoms with Gasteiger partial charge in [-0.15, -0.1) is 0 Å². The minimum atomic E-state index is -1.94. The number of carboxylic acids is 2. The van der Waals surface area contributed by atoms with E-state index >= 15 is 0 Å². The molecule has 0 spiro atoms. The Morgan fingerprint density at radius 3 is 1.04 bits per heavy atom. The Kier molecular flexibility index (Phi) is 48.3. The topological polar surface area (TPSA) is 687 Å². The van der Waals surface area contributed by atoms with Gasteiger partial charge in [0, 0.05) is 43.6 Å². The fourth-order valence-corrected chi connectivity index (χ4v) is 12.2. The van der Waals surface area contributed by atoms with E-state index < -0.39 is 309 Å². The lowest BCUT2D eigenvalue weighted by Gasteiger charge is -2.30. The van der Waals surface area contributed by atoms with Gasteiger partial charge >= 0.3 is 11.9 Å². The van der Waals surface area contributed by atoms with Gasteiger partial charge in [-0.1, -0.05) is 48.0 Å². The summed E-state index contributed by atoms with van der Waals surface area (Å²) >= 11 is 10.8. The summed E-state index contributed by atoms with van der Waals surface area (Å²) in [5, 5.41) is 66.4. The van der Waals surface area contributed by atoms with Crippen LogP contribution in [0.1, 0.15) is 138 Å². The summed E-state index contributed by atoms with van der Waals surface area (Å²) in [5.74, 6) is -23.4. The predicted octanol–water partition coefficient (Wildman–Crippen LogP) is -8.12.